The molecule has 0 saturated heterocycles. The summed E-state index contributed by atoms with van der Waals surface area (Å²) in [7, 11) is 1.69. The van der Waals surface area contributed by atoms with Crippen molar-refractivity contribution in [2.45, 2.75) is 26.2 Å². The number of rotatable bonds is 6. The normalized spacial score (nSPS) is 11.6. The van der Waals surface area contributed by atoms with E-state index in [0.29, 0.717) is 5.88 Å². The second-order valence-corrected chi connectivity index (χ2v) is 4.25. The molecule has 0 unspecified atom stereocenters. The summed E-state index contributed by atoms with van der Waals surface area (Å²) in [6.07, 6.45) is 5.37. The van der Waals surface area contributed by atoms with Gasteiger partial charge >= 0.3 is 0 Å². The fourth-order valence-corrected chi connectivity index (χ4v) is 1.65. The van der Waals surface area contributed by atoms with Crippen molar-refractivity contribution in [2.24, 2.45) is 0 Å². The van der Waals surface area contributed by atoms with Crippen LogP contribution in [0.2, 0.25) is 0 Å². The number of methoxy groups -OCH3 is 1. The third-order valence-electron chi connectivity index (χ3n) is 2.57. The van der Waals surface area contributed by atoms with Gasteiger partial charge in [0.25, 0.3) is 0 Å². The van der Waals surface area contributed by atoms with Crippen molar-refractivity contribution in [1.82, 2.24) is 0 Å². The molecule has 1 rings (SSSR count). The van der Waals surface area contributed by atoms with Crippen LogP contribution in [0.4, 0.5) is 0 Å². The SMILES string of the molecule is COc1ccc(CCC(C)=CCCCl)cc1. The van der Waals surface area contributed by atoms with Gasteiger partial charge in [-0.1, -0.05) is 23.8 Å². The summed E-state index contributed by atoms with van der Waals surface area (Å²) in [6, 6.07) is 8.25. The van der Waals surface area contributed by atoms with Crippen molar-refractivity contribution in [3.8, 4) is 5.75 Å². The van der Waals surface area contributed by atoms with E-state index < -0.39 is 0 Å². The Morgan fingerprint density at radius 2 is 2.00 bits per heavy atom. The minimum atomic E-state index is 0.708. The minimum absolute atomic E-state index is 0.708. The molecular weight excluding hydrogens is 220 g/mol. The van der Waals surface area contributed by atoms with Gasteiger partial charge in [0.15, 0.2) is 0 Å². The molecule has 1 aromatic rings. The molecule has 1 nitrogen and oxygen atoms in total. The van der Waals surface area contributed by atoms with Crippen LogP contribution in [0, 0.1) is 0 Å². The summed E-state index contributed by atoms with van der Waals surface area (Å²) in [6.45, 7) is 2.16. The Kier molecular flexibility index (Phi) is 6.02. The zero-order valence-corrected chi connectivity index (χ0v) is 10.8. The second-order valence-electron chi connectivity index (χ2n) is 3.88. The molecule has 0 atom stereocenters. The molecule has 0 amide bonds. The van der Waals surface area contributed by atoms with Gasteiger partial charge in [0.1, 0.15) is 5.75 Å². The summed E-state index contributed by atoms with van der Waals surface area (Å²) >= 11 is 5.64. The number of ether oxygens (including phenoxy) is 1. The number of hydrogen-bond donors (Lipinski definition) is 0. The lowest BCUT2D eigenvalue weighted by Gasteiger charge is -2.04. The summed E-state index contributed by atoms with van der Waals surface area (Å²) in [5.74, 6) is 1.62. The Labute approximate surface area is 103 Å². The van der Waals surface area contributed by atoms with Crippen LogP contribution in [0.5, 0.6) is 5.75 Å². The van der Waals surface area contributed by atoms with Crippen LogP contribution in [0.1, 0.15) is 25.3 Å². The predicted molar refractivity (Wildman–Crippen MR) is 70.4 cm³/mol. The van der Waals surface area contributed by atoms with Crippen molar-refractivity contribution in [1.29, 1.82) is 0 Å². The highest BCUT2D eigenvalue weighted by Gasteiger charge is 1.96. The molecular formula is C14H19ClO. The first kappa shape index (κ1) is 13.1. The van der Waals surface area contributed by atoms with Crippen LogP contribution in [0.3, 0.4) is 0 Å². The maximum absolute atomic E-state index is 5.64. The first-order valence-corrected chi connectivity index (χ1v) is 6.14. The maximum atomic E-state index is 5.64. The first-order valence-electron chi connectivity index (χ1n) is 5.61. The minimum Gasteiger partial charge on any atom is -0.497 e. The fourth-order valence-electron chi connectivity index (χ4n) is 1.54. The zero-order chi connectivity index (χ0) is 11.8. The standard InChI is InChI=1S/C14H19ClO/c1-12(4-3-11-15)5-6-13-7-9-14(16-2)10-8-13/h4,7-10H,3,5-6,11H2,1-2H3. The Hall–Kier alpha value is -0.950. The first-order chi connectivity index (χ1) is 7.76. The van der Waals surface area contributed by atoms with E-state index in [0.717, 1.165) is 25.0 Å². The van der Waals surface area contributed by atoms with E-state index in [-0.39, 0.29) is 0 Å². The molecule has 88 valence electrons. The zero-order valence-electron chi connectivity index (χ0n) is 10.0. The van der Waals surface area contributed by atoms with Crippen LogP contribution >= 0.6 is 11.6 Å². The molecule has 0 radical (unpaired) electrons. The summed E-state index contributed by atoms with van der Waals surface area (Å²) in [5.41, 5.74) is 2.76. The lowest BCUT2D eigenvalue weighted by Crippen LogP contribution is -1.88. The molecule has 0 aliphatic heterocycles. The summed E-state index contributed by atoms with van der Waals surface area (Å²) in [5, 5.41) is 0. The Bertz CT molecular complexity index is 327. The van der Waals surface area contributed by atoms with Crippen LogP contribution in [-0.4, -0.2) is 13.0 Å². The van der Waals surface area contributed by atoms with Crippen molar-refractivity contribution >= 4 is 11.6 Å². The molecule has 2 heteroatoms. The van der Waals surface area contributed by atoms with Crippen LogP contribution in [0.25, 0.3) is 0 Å². The predicted octanol–water partition coefficient (Wildman–Crippen LogP) is 4.20. The lowest BCUT2D eigenvalue weighted by atomic mass is 10.0. The van der Waals surface area contributed by atoms with Gasteiger partial charge < -0.3 is 4.74 Å². The summed E-state index contributed by atoms with van der Waals surface area (Å²) in [4.78, 5) is 0. The maximum Gasteiger partial charge on any atom is 0.118 e. The highest BCUT2D eigenvalue weighted by atomic mass is 35.5. The lowest BCUT2D eigenvalue weighted by molar-refractivity contribution is 0.414. The van der Waals surface area contributed by atoms with Gasteiger partial charge in [-0.05, 0) is 43.9 Å². The van der Waals surface area contributed by atoms with E-state index >= 15 is 0 Å². The van der Waals surface area contributed by atoms with Gasteiger partial charge in [0, 0.05) is 5.88 Å². The smallest absolute Gasteiger partial charge is 0.118 e. The van der Waals surface area contributed by atoms with Crippen molar-refractivity contribution in [3.63, 3.8) is 0 Å². The monoisotopic (exact) mass is 238 g/mol. The van der Waals surface area contributed by atoms with Gasteiger partial charge in [-0.15, -0.1) is 11.6 Å². The number of aryl methyl sites for hydroxylation is 1. The van der Waals surface area contributed by atoms with Crippen LogP contribution < -0.4 is 4.74 Å². The van der Waals surface area contributed by atoms with E-state index in [4.69, 9.17) is 16.3 Å². The van der Waals surface area contributed by atoms with Gasteiger partial charge in [0.2, 0.25) is 0 Å². The molecule has 0 aliphatic carbocycles. The average molecular weight is 239 g/mol. The number of halogens is 1. The van der Waals surface area contributed by atoms with Crippen LogP contribution in [0.15, 0.2) is 35.9 Å². The van der Waals surface area contributed by atoms with Crippen molar-refractivity contribution in [2.75, 3.05) is 13.0 Å². The number of alkyl halides is 1. The molecule has 1 aromatic carbocycles. The van der Waals surface area contributed by atoms with Gasteiger partial charge in [-0.3, -0.25) is 0 Å². The molecule has 0 N–H and O–H groups in total. The van der Waals surface area contributed by atoms with E-state index in [2.05, 4.69) is 25.1 Å². The fraction of sp³-hybridized carbons (Fsp3) is 0.429. The Balaban J connectivity index is 2.42. The highest BCUT2D eigenvalue weighted by molar-refractivity contribution is 6.17. The van der Waals surface area contributed by atoms with E-state index in [1.807, 2.05) is 12.1 Å². The van der Waals surface area contributed by atoms with Crippen LogP contribution in [-0.2, 0) is 6.42 Å². The van der Waals surface area contributed by atoms with Gasteiger partial charge in [-0.2, -0.15) is 0 Å². The molecule has 0 heterocycles. The van der Waals surface area contributed by atoms with E-state index in [1.165, 1.54) is 11.1 Å². The largest absolute Gasteiger partial charge is 0.497 e. The van der Waals surface area contributed by atoms with E-state index in [9.17, 15) is 0 Å². The molecule has 16 heavy (non-hydrogen) atoms. The molecule has 0 bridgehead atoms. The molecule has 0 saturated carbocycles. The highest BCUT2D eigenvalue weighted by Crippen LogP contribution is 2.14. The molecule has 0 aliphatic rings. The quantitative estimate of drug-likeness (QED) is 0.533. The second kappa shape index (κ2) is 7.34. The topological polar surface area (TPSA) is 9.23 Å². The number of hydrogen-bond acceptors (Lipinski definition) is 1. The average Bonchev–Trinajstić information content (AvgIpc) is 2.34. The Morgan fingerprint density at radius 1 is 1.31 bits per heavy atom. The number of allylic oxidation sites excluding steroid dienone is 2. The molecule has 0 fully saturated rings. The summed E-state index contributed by atoms with van der Waals surface area (Å²) < 4.78 is 5.12. The van der Waals surface area contributed by atoms with Crippen molar-refractivity contribution < 1.29 is 4.74 Å². The number of benzene rings is 1. The van der Waals surface area contributed by atoms with Gasteiger partial charge in [0.05, 0.1) is 7.11 Å². The van der Waals surface area contributed by atoms with Gasteiger partial charge in [-0.25, -0.2) is 0 Å². The van der Waals surface area contributed by atoms with Crippen molar-refractivity contribution in [3.05, 3.63) is 41.5 Å². The molecule has 0 spiro atoms. The Morgan fingerprint density at radius 3 is 2.56 bits per heavy atom. The third-order valence-corrected chi connectivity index (χ3v) is 2.79. The molecule has 0 aromatic heterocycles. The van der Waals surface area contributed by atoms with E-state index in [1.54, 1.807) is 7.11 Å². The third kappa shape index (κ3) is 4.71.